The monoisotopic (exact) mass is 252 g/mol. The van der Waals surface area contributed by atoms with Gasteiger partial charge in [-0.15, -0.1) is 0 Å². The van der Waals surface area contributed by atoms with Gasteiger partial charge in [0.1, 0.15) is 5.75 Å². The number of carboxylic acids is 1. The van der Waals surface area contributed by atoms with E-state index in [0.29, 0.717) is 16.3 Å². The molecule has 2 aromatic carbocycles. The Hall–Kier alpha value is -2.17. The zero-order valence-electron chi connectivity index (χ0n) is 9.27. The van der Waals surface area contributed by atoms with Gasteiger partial charge in [0.25, 0.3) is 0 Å². The molecule has 0 aliphatic rings. The fourth-order valence-corrected chi connectivity index (χ4v) is 1.86. The van der Waals surface area contributed by atoms with Gasteiger partial charge in [-0.3, -0.25) is 4.79 Å². The number of rotatable bonds is 4. The molecule has 2 rings (SSSR count). The summed E-state index contributed by atoms with van der Waals surface area (Å²) in [4.78, 5) is 10.7. The molecule has 18 heavy (non-hydrogen) atoms. The van der Waals surface area contributed by atoms with E-state index >= 15 is 0 Å². The Bertz CT molecular complexity index is 581. The molecule has 0 amide bonds. The number of alkyl halides is 2. The SMILES string of the molecule is O=C(O)Cc1cccc2c(OC(F)F)cccc12. The molecule has 1 N–H and O–H groups in total. The van der Waals surface area contributed by atoms with E-state index in [-0.39, 0.29) is 12.2 Å². The maximum atomic E-state index is 12.2. The Morgan fingerprint density at radius 1 is 1.17 bits per heavy atom. The van der Waals surface area contributed by atoms with Gasteiger partial charge in [0.15, 0.2) is 0 Å². The molecule has 5 heteroatoms. The van der Waals surface area contributed by atoms with Crippen LogP contribution in [-0.4, -0.2) is 17.7 Å². The zero-order chi connectivity index (χ0) is 13.1. The van der Waals surface area contributed by atoms with Gasteiger partial charge in [0.2, 0.25) is 0 Å². The average Bonchev–Trinajstić information content (AvgIpc) is 2.29. The fraction of sp³-hybridized carbons (Fsp3) is 0.154. The van der Waals surface area contributed by atoms with Crippen LogP contribution >= 0.6 is 0 Å². The molecule has 0 heterocycles. The van der Waals surface area contributed by atoms with Crippen molar-refractivity contribution in [3.8, 4) is 5.75 Å². The Morgan fingerprint density at radius 3 is 2.50 bits per heavy atom. The first kappa shape index (κ1) is 12.3. The quantitative estimate of drug-likeness (QED) is 0.909. The summed E-state index contributed by atoms with van der Waals surface area (Å²) >= 11 is 0. The van der Waals surface area contributed by atoms with Crippen molar-refractivity contribution in [2.45, 2.75) is 13.0 Å². The van der Waals surface area contributed by atoms with E-state index in [4.69, 9.17) is 5.11 Å². The molecule has 2 aromatic rings. The van der Waals surface area contributed by atoms with Crippen molar-refractivity contribution in [3.05, 3.63) is 42.0 Å². The number of fused-ring (bicyclic) bond motifs is 1. The van der Waals surface area contributed by atoms with Crippen molar-refractivity contribution in [1.82, 2.24) is 0 Å². The second kappa shape index (κ2) is 5.00. The molecule has 0 spiro atoms. The van der Waals surface area contributed by atoms with Gasteiger partial charge >= 0.3 is 12.6 Å². The predicted octanol–water partition coefficient (Wildman–Crippen LogP) is 3.07. The lowest BCUT2D eigenvalue weighted by Crippen LogP contribution is -2.03. The number of ether oxygens (including phenoxy) is 1. The molecule has 0 radical (unpaired) electrons. The Labute approximate surface area is 102 Å². The van der Waals surface area contributed by atoms with Gasteiger partial charge < -0.3 is 9.84 Å². The molecule has 0 bridgehead atoms. The molecule has 0 aliphatic carbocycles. The van der Waals surface area contributed by atoms with Crippen molar-refractivity contribution in [3.63, 3.8) is 0 Å². The summed E-state index contributed by atoms with van der Waals surface area (Å²) in [5.41, 5.74) is 0.569. The van der Waals surface area contributed by atoms with Crippen LogP contribution in [-0.2, 0) is 11.2 Å². The van der Waals surface area contributed by atoms with E-state index < -0.39 is 12.6 Å². The third-order valence-corrected chi connectivity index (χ3v) is 2.53. The number of hydrogen-bond acceptors (Lipinski definition) is 2. The van der Waals surface area contributed by atoms with Crippen LogP contribution in [0.15, 0.2) is 36.4 Å². The summed E-state index contributed by atoms with van der Waals surface area (Å²) < 4.78 is 28.9. The number of benzene rings is 2. The highest BCUT2D eigenvalue weighted by Gasteiger charge is 2.11. The van der Waals surface area contributed by atoms with Crippen molar-refractivity contribution in [1.29, 1.82) is 0 Å². The van der Waals surface area contributed by atoms with Crippen LogP contribution in [0, 0.1) is 0 Å². The van der Waals surface area contributed by atoms with Crippen molar-refractivity contribution in [2.75, 3.05) is 0 Å². The maximum Gasteiger partial charge on any atom is 0.387 e. The molecule has 0 saturated carbocycles. The topological polar surface area (TPSA) is 46.5 Å². The summed E-state index contributed by atoms with van der Waals surface area (Å²) in [5.74, 6) is -0.919. The number of halogens is 2. The highest BCUT2D eigenvalue weighted by atomic mass is 19.3. The van der Waals surface area contributed by atoms with Gasteiger partial charge in [-0.1, -0.05) is 30.3 Å². The predicted molar refractivity (Wildman–Crippen MR) is 61.9 cm³/mol. The van der Waals surface area contributed by atoms with E-state index in [1.54, 1.807) is 30.3 Å². The number of aliphatic carboxylic acids is 1. The molecule has 3 nitrogen and oxygen atoms in total. The van der Waals surface area contributed by atoms with Crippen LogP contribution in [0.2, 0.25) is 0 Å². The van der Waals surface area contributed by atoms with E-state index in [2.05, 4.69) is 4.74 Å². The first-order chi connectivity index (χ1) is 8.58. The van der Waals surface area contributed by atoms with Crippen LogP contribution in [0.5, 0.6) is 5.75 Å². The molecule has 0 aromatic heterocycles. The van der Waals surface area contributed by atoms with Gasteiger partial charge in [-0.05, 0) is 17.0 Å². The first-order valence-electron chi connectivity index (χ1n) is 5.25. The lowest BCUT2D eigenvalue weighted by atomic mass is 10.0. The molecule has 94 valence electrons. The minimum Gasteiger partial charge on any atom is -0.481 e. The van der Waals surface area contributed by atoms with Gasteiger partial charge in [-0.2, -0.15) is 8.78 Å². The number of carbonyl (C=O) groups is 1. The summed E-state index contributed by atoms with van der Waals surface area (Å²) in [5, 5.41) is 9.88. The smallest absolute Gasteiger partial charge is 0.387 e. The Kier molecular flexibility index (Phi) is 3.41. The Morgan fingerprint density at radius 2 is 1.83 bits per heavy atom. The molecule has 0 saturated heterocycles. The minimum absolute atomic E-state index is 0.0507. The number of carboxylic acid groups (broad SMARTS) is 1. The van der Waals surface area contributed by atoms with E-state index in [1.807, 2.05) is 0 Å². The Balaban J connectivity index is 2.54. The normalized spacial score (nSPS) is 10.8. The lowest BCUT2D eigenvalue weighted by molar-refractivity contribution is -0.136. The summed E-state index contributed by atoms with van der Waals surface area (Å²) in [7, 11) is 0. The molecule has 0 fully saturated rings. The second-order valence-electron chi connectivity index (χ2n) is 3.72. The van der Waals surface area contributed by atoms with E-state index in [0.717, 1.165) is 0 Å². The first-order valence-corrected chi connectivity index (χ1v) is 5.25. The van der Waals surface area contributed by atoms with Crippen LogP contribution < -0.4 is 4.74 Å². The van der Waals surface area contributed by atoms with E-state index in [9.17, 15) is 13.6 Å². The van der Waals surface area contributed by atoms with Crippen LogP contribution in [0.3, 0.4) is 0 Å². The standard InChI is InChI=1S/C13H10F2O3/c14-13(15)18-11-6-2-4-9-8(7-12(16)17)3-1-5-10(9)11/h1-6,13H,7H2,(H,16,17). The third-order valence-electron chi connectivity index (χ3n) is 2.53. The highest BCUT2D eigenvalue weighted by Crippen LogP contribution is 2.29. The largest absolute Gasteiger partial charge is 0.481 e. The van der Waals surface area contributed by atoms with Gasteiger partial charge in [-0.25, -0.2) is 0 Å². The van der Waals surface area contributed by atoms with E-state index in [1.165, 1.54) is 6.07 Å². The maximum absolute atomic E-state index is 12.2. The molecular formula is C13H10F2O3. The summed E-state index contributed by atoms with van der Waals surface area (Å²) in [6.45, 7) is -2.90. The van der Waals surface area contributed by atoms with Gasteiger partial charge in [0, 0.05) is 5.39 Å². The van der Waals surface area contributed by atoms with Crippen molar-refractivity contribution < 1.29 is 23.4 Å². The van der Waals surface area contributed by atoms with Crippen molar-refractivity contribution in [2.24, 2.45) is 0 Å². The second-order valence-corrected chi connectivity index (χ2v) is 3.72. The minimum atomic E-state index is -2.90. The molecular weight excluding hydrogens is 242 g/mol. The molecule has 0 unspecified atom stereocenters. The average molecular weight is 252 g/mol. The highest BCUT2D eigenvalue weighted by molar-refractivity contribution is 5.92. The van der Waals surface area contributed by atoms with Crippen LogP contribution in [0.25, 0.3) is 10.8 Å². The van der Waals surface area contributed by atoms with Gasteiger partial charge in [0.05, 0.1) is 6.42 Å². The lowest BCUT2D eigenvalue weighted by Gasteiger charge is -2.10. The number of hydrogen-bond donors (Lipinski definition) is 1. The zero-order valence-corrected chi connectivity index (χ0v) is 9.27. The van der Waals surface area contributed by atoms with Crippen LogP contribution in [0.4, 0.5) is 8.78 Å². The third kappa shape index (κ3) is 2.56. The van der Waals surface area contributed by atoms with Crippen molar-refractivity contribution >= 4 is 16.7 Å². The fourth-order valence-electron chi connectivity index (χ4n) is 1.86. The summed E-state index contributed by atoms with van der Waals surface area (Å²) in [6, 6.07) is 9.58. The molecule has 0 aliphatic heterocycles. The summed E-state index contributed by atoms with van der Waals surface area (Å²) in [6.07, 6.45) is -0.157. The molecule has 0 atom stereocenters. The van der Waals surface area contributed by atoms with Crippen LogP contribution in [0.1, 0.15) is 5.56 Å².